The van der Waals surface area contributed by atoms with E-state index in [0.29, 0.717) is 11.8 Å². The topological polar surface area (TPSA) is 41.5 Å². The molecular formula is C11H15NO2. The molecule has 2 N–H and O–H groups in total. The van der Waals surface area contributed by atoms with Crippen molar-refractivity contribution in [2.24, 2.45) is 0 Å². The highest BCUT2D eigenvalue weighted by Crippen LogP contribution is 2.33. The lowest BCUT2D eigenvalue weighted by Gasteiger charge is -2.05. The molecule has 1 aromatic rings. The van der Waals surface area contributed by atoms with Crippen LogP contribution in [0.5, 0.6) is 11.5 Å². The van der Waals surface area contributed by atoms with Gasteiger partial charge in [-0.05, 0) is 43.1 Å². The molecule has 3 nitrogen and oxygen atoms in total. The zero-order chi connectivity index (χ0) is 10.1. The lowest BCUT2D eigenvalue weighted by Crippen LogP contribution is -2.24. The molecule has 3 heteroatoms. The minimum absolute atomic E-state index is 0.239. The van der Waals surface area contributed by atoms with Crippen LogP contribution in [0.4, 0.5) is 0 Å². The van der Waals surface area contributed by atoms with E-state index >= 15 is 0 Å². The van der Waals surface area contributed by atoms with Crippen LogP contribution in [0.15, 0.2) is 12.1 Å². The molecule has 1 aliphatic rings. The first-order chi connectivity index (χ1) is 6.74. The van der Waals surface area contributed by atoms with Crippen LogP contribution in [0.3, 0.4) is 0 Å². The van der Waals surface area contributed by atoms with Crippen molar-refractivity contribution in [2.75, 3.05) is 14.2 Å². The van der Waals surface area contributed by atoms with Crippen LogP contribution in [0, 0.1) is 0 Å². The second kappa shape index (κ2) is 3.50. The number of phenols is 1. The maximum absolute atomic E-state index is 9.59. The lowest BCUT2D eigenvalue weighted by atomic mass is 10.1. The fraction of sp³-hybridized carbons (Fsp3) is 0.455. The maximum Gasteiger partial charge on any atom is 0.160 e. The number of hydrogen-bond donors (Lipinski definition) is 2. The zero-order valence-electron chi connectivity index (χ0n) is 8.50. The third-order valence-electron chi connectivity index (χ3n) is 2.84. The standard InChI is InChI=1S/C11H15NO2/c1-12-9-3-7-5-10(13)11(14-2)6-8(7)4-9/h5-6,9,12-13H,3-4H2,1-2H3. The van der Waals surface area contributed by atoms with Gasteiger partial charge in [-0.3, -0.25) is 0 Å². The Morgan fingerprint density at radius 3 is 2.57 bits per heavy atom. The second-order valence-electron chi connectivity index (χ2n) is 3.69. The minimum Gasteiger partial charge on any atom is -0.504 e. The highest BCUT2D eigenvalue weighted by atomic mass is 16.5. The average molecular weight is 193 g/mol. The molecule has 0 fully saturated rings. The molecule has 14 heavy (non-hydrogen) atoms. The summed E-state index contributed by atoms with van der Waals surface area (Å²) in [6.45, 7) is 0. The molecule has 0 spiro atoms. The van der Waals surface area contributed by atoms with E-state index < -0.39 is 0 Å². The number of aromatic hydroxyl groups is 1. The Morgan fingerprint density at radius 1 is 1.36 bits per heavy atom. The van der Waals surface area contributed by atoms with Crippen molar-refractivity contribution in [2.45, 2.75) is 18.9 Å². The van der Waals surface area contributed by atoms with Crippen molar-refractivity contribution in [3.05, 3.63) is 23.3 Å². The van der Waals surface area contributed by atoms with Crippen molar-refractivity contribution in [3.63, 3.8) is 0 Å². The first-order valence-electron chi connectivity index (χ1n) is 4.80. The van der Waals surface area contributed by atoms with Crippen LogP contribution < -0.4 is 10.1 Å². The van der Waals surface area contributed by atoms with Crippen LogP contribution in [0.25, 0.3) is 0 Å². The van der Waals surface area contributed by atoms with E-state index in [1.807, 2.05) is 19.2 Å². The molecule has 2 rings (SSSR count). The molecule has 0 aromatic heterocycles. The van der Waals surface area contributed by atoms with Gasteiger partial charge in [0.1, 0.15) is 0 Å². The Hall–Kier alpha value is -1.22. The van der Waals surface area contributed by atoms with Crippen LogP contribution in [-0.4, -0.2) is 25.3 Å². The monoisotopic (exact) mass is 193 g/mol. The summed E-state index contributed by atoms with van der Waals surface area (Å²) in [5, 5.41) is 12.8. The van der Waals surface area contributed by atoms with Crippen molar-refractivity contribution < 1.29 is 9.84 Å². The number of phenolic OH excluding ortho intramolecular Hbond substituents is 1. The number of hydrogen-bond acceptors (Lipinski definition) is 3. The van der Waals surface area contributed by atoms with Gasteiger partial charge in [-0.25, -0.2) is 0 Å². The summed E-state index contributed by atoms with van der Waals surface area (Å²) >= 11 is 0. The molecule has 0 amide bonds. The van der Waals surface area contributed by atoms with Gasteiger partial charge in [0.2, 0.25) is 0 Å². The number of benzene rings is 1. The Morgan fingerprint density at radius 2 is 2.00 bits per heavy atom. The van der Waals surface area contributed by atoms with Gasteiger partial charge < -0.3 is 15.2 Å². The summed E-state index contributed by atoms with van der Waals surface area (Å²) in [7, 11) is 3.54. The van der Waals surface area contributed by atoms with Gasteiger partial charge in [0.05, 0.1) is 7.11 Å². The lowest BCUT2D eigenvalue weighted by molar-refractivity contribution is 0.373. The number of rotatable bonds is 2. The molecule has 1 aromatic carbocycles. The average Bonchev–Trinajstić information content (AvgIpc) is 2.58. The predicted molar refractivity (Wildman–Crippen MR) is 54.9 cm³/mol. The number of likely N-dealkylation sites (N-methyl/N-ethyl adjacent to an activating group) is 1. The highest BCUT2D eigenvalue weighted by Gasteiger charge is 2.21. The summed E-state index contributed by atoms with van der Waals surface area (Å²) in [6, 6.07) is 4.24. The number of nitrogens with one attached hydrogen (secondary N) is 1. The SMILES string of the molecule is CNC1Cc2cc(O)c(OC)cc2C1. The third-order valence-corrected chi connectivity index (χ3v) is 2.84. The first kappa shape index (κ1) is 9.34. The highest BCUT2D eigenvalue weighted by molar-refractivity contribution is 5.48. The smallest absolute Gasteiger partial charge is 0.160 e. The van der Waals surface area contributed by atoms with Gasteiger partial charge in [0, 0.05) is 6.04 Å². The van der Waals surface area contributed by atoms with E-state index in [1.165, 1.54) is 11.1 Å². The van der Waals surface area contributed by atoms with E-state index in [0.717, 1.165) is 12.8 Å². The first-order valence-corrected chi connectivity index (χ1v) is 4.80. The molecule has 0 aliphatic heterocycles. The normalized spacial score (nSPS) is 19.4. The molecule has 0 saturated heterocycles. The van der Waals surface area contributed by atoms with E-state index in [9.17, 15) is 5.11 Å². The molecule has 0 radical (unpaired) electrons. The fourth-order valence-electron chi connectivity index (χ4n) is 2.00. The van der Waals surface area contributed by atoms with E-state index in [-0.39, 0.29) is 5.75 Å². The number of ether oxygens (including phenoxy) is 1. The Bertz CT molecular complexity index is 349. The van der Waals surface area contributed by atoms with Gasteiger partial charge in [-0.15, -0.1) is 0 Å². The van der Waals surface area contributed by atoms with E-state index in [2.05, 4.69) is 5.32 Å². The molecule has 0 heterocycles. The Labute approximate surface area is 83.7 Å². The van der Waals surface area contributed by atoms with Crippen molar-refractivity contribution in [1.29, 1.82) is 0 Å². The summed E-state index contributed by atoms with van der Waals surface area (Å²) in [5.41, 5.74) is 2.50. The predicted octanol–water partition coefficient (Wildman–Crippen LogP) is 1.09. The molecule has 76 valence electrons. The number of methoxy groups -OCH3 is 1. The zero-order valence-corrected chi connectivity index (χ0v) is 8.50. The van der Waals surface area contributed by atoms with Crippen molar-refractivity contribution in [1.82, 2.24) is 5.32 Å². The number of fused-ring (bicyclic) bond motifs is 1. The van der Waals surface area contributed by atoms with Crippen molar-refractivity contribution >= 4 is 0 Å². The van der Waals surface area contributed by atoms with Gasteiger partial charge in [-0.2, -0.15) is 0 Å². The summed E-state index contributed by atoms with van der Waals surface area (Å²) in [6.07, 6.45) is 2.01. The minimum atomic E-state index is 0.239. The van der Waals surface area contributed by atoms with Crippen LogP contribution in [0.1, 0.15) is 11.1 Å². The molecular weight excluding hydrogens is 178 g/mol. The van der Waals surface area contributed by atoms with Crippen LogP contribution in [-0.2, 0) is 12.8 Å². The molecule has 1 unspecified atom stereocenters. The maximum atomic E-state index is 9.59. The fourth-order valence-corrected chi connectivity index (χ4v) is 2.00. The van der Waals surface area contributed by atoms with E-state index in [4.69, 9.17) is 4.74 Å². The molecule has 1 atom stereocenters. The molecule has 0 bridgehead atoms. The summed E-state index contributed by atoms with van der Waals surface area (Å²) in [4.78, 5) is 0. The van der Waals surface area contributed by atoms with Gasteiger partial charge in [-0.1, -0.05) is 0 Å². The molecule has 1 aliphatic carbocycles. The Kier molecular flexibility index (Phi) is 2.33. The second-order valence-corrected chi connectivity index (χ2v) is 3.69. The largest absolute Gasteiger partial charge is 0.504 e. The Balaban J connectivity index is 2.34. The third kappa shape index (κ3) is 1.44. The van der Waals surface area contributed by atoms with Gasteiger partial charge in [0.25, 0.3) is 0 Å². The van der Waals surface area contributed by atoms with Crippen molar-refractivity contribution in [3.8, 4) is 11.5 Å². The summed E-state index contributed by atoms with van der Waals surface area (Å²) < 4.78 is 5.07. The molecule has 0 saturated carbocycles. The van der Waals surface area contributed by atoms with Gasteiger partial charge in [0.15, 0.2) is 11.5 Å². The van der Waals surface area contributed by atoms with Crippen LogP contribution >= 0.6 is 0 Å². The summed E-state index contributed by atoms with van der Waals surface area (Å²) in [5.74, 6) is 0.809. The quantitative estimate of drug-likeness (QED) is 0.738. The van der Waals surface area contributed by atoms with Gasteiger partial charge >= 0.3 is 0 Å². The van der Waals surface area contributed by atoms with E-state index in [1.54, 1.807) is 7.11 Å². The van der Waals surface area contributed by atoms with Crippen LogP contribution in [0.2, 0.25) is 0 Å².